The molecule has 0 bridgehead atoms. The van der Waals surface area contributed by atoms with Gasteiger partial charge in [0.25, 0.3) is 0 Å². The zero-order valence-corrected chi connectivity index (χ0v) is 10.1. The van der Waals surface area contributed by atoms with E-state index in [2.05, 4.69) is 4.74 Å². The van der Waals surface area contributed by atoms with Gasteiger partial charge in [0.05, 0.1) is 12.7 Å². The molecule has 1 aromatic carbocycles. The topological polar surface area (TPSA) is 52.3 Å². The molecule has 16 heavy (non-hydrogen) atoms. The Balaban J connectivity index is 2.71. The van der Waals surface area contributed by atoms with Crippen molar-refractivity contribution >= 4 is 5.97 Å². The number of methoxy groups -OCH3 is 1. The van der Waals surface area contributed by atoms with Crippen LogP contribution in [0.25, 0.3) is 0 Å². The molecule has 0 amide bonds. The van der Waals surface area contributed by atoms with Crippen LogP contribution in [0.2, 0.25) is 0 Å². The Bertz CT molecular complexity index is 366. The van der Waals surface area contributed by atoms with Crippen LogP contribution in [0.3, 0.4) is 0 Å². The SMILES string of the molecule is COC(=O)c1cccc(CCC(C)(C)N)c1. The second-order valence-corrected chi connectivity index (χ2v) is 4.68. The predicted octanol–water partition coefficient (Wildman–Crippen LogP) is 2.14. The van der Waals surface area contributed by atoms with Gasteiger partial charge < -0.3 is 10.5 Å². The van der Waals surface area contributed by atoms with Crippen LogP contribution in [-0.4, -0.2) is 18.6 Å². The molecule has 0 aliphatic rings. The second kappa shape index (κ2) is 5.12. The molecule has 0 unspecified atom stereocenters. The highest BCUT2D eigenvalue weighted by Crippen LogP contribution is 2.13. The molecule has 3 heteroatoms. The Morgan fingerprint density at radius 3 is 2.69 bits per heavy atom. The third kappa shape index (κ3) is 4.03. The number of carbonyl (C=O) groups excluding carboxylic acids is 1. The number of esters is 1. The van der Waals surface area contributed by atoms with Crippen LogP contribution in [0.1, 0.15) is 36.2 Å². The van der Waals surface area contributed by atoms with Crippen molar-refractivity contribution in [2.75, 3.05) is 7.11 Å². The Morgan fingerprint density at radius 1 is 1.44 bits per heavy atom. The van der Waals surface area contributed by atoms with E-state index < -0.39 is 0 Å². The monoisotopic (exact) mass is 221 g/mol. The van der Waals surface area contributed by atoms with Crippen molar-refractivity contribution in [2.24, 2.45) is 5.73 Å². The summed E-state index contributed by atoms with van der Waals surface area (Å²) in [5.74, 6) is -0.297. The smallest absolute Gasteiger partial charge is 0.337 e. The van der Waals surface area contributed by atoms with Crippen LogP contribution in [0, 0.1) is 0 Å². The van der Waals surface area contributed by atoms with Gasteiger partial charge >= 0.3 is 5.97 Å². The molecule has 0 saturated heterocycles. The zero-order chi connectivity index (χ0) is 12.2. The first kappa shape index (κ1) is 12.7. The molecule has 0 aliphatic heterocycles. The standard InChI is InChI=1S/C13H19NO2/c1-13(2,14)8-7-10-5-4-6-11(9-10)12(15)16-3/h4-6,9H,7-8,14H2,1-3H3. The van der Waals surface area contributed by atoms with Crippen LogP contribution in [0.4, 0.5) is 0 Å². The van der Waals surface area contributed by atoms with Gasteiger partial charge in [-0.3, -0.25) is 0 Å². The Kier molecular flexibility index (Phi) is 4.07. The molecular weight excluding hydrogens is 202 g/mol. The van der Waals surface area contributed by atoms with Gasteiger partial charge in [-0.05, 0) is 44.4 Å². The minimum Gasteiger partial charge on any atom is -0.465 e. The van der Waals surface area contributed by atoms with Crippen molar-refractivity contribution in [1.82, 2.24) is 0 Å². The average molecular weight is 221 g/mol. The average Bonchev–Trinajstić information content (AvgIpc) is 2.25. The first-order chi connectivity index (χ1) is 7.42. The van der Waals surface area contributed by atoms with E-state index in [1.54, 1.807) is 6.07 Å². The van der Waals surface area contributed by atoms with Crippen LogP contribution in [-0.2, 0) is 11.2 Å². The summed E-state index contributed by atoms with van der Waals surface area (Å²) < 4.78 is 4.67. The summed E-state index contributed by atoms with van der Waals surface area (Å²) in [6.07, 6.45) is 1.76. The summed E-state index contributed by atoms with van der Waals surface area (Å²) in [5, 5.41) is 0. The lowest BCUT2D eigenvalue weighted by atomic mass is 9.96. The maximum atomic E-state index is 11.3. The number of ether oxygens (including phenoxy) is 1. The molecule has 1 aromatic rings. The highest BCUT2D eigenvalue weighted by atomic mass is 16.5. The summed E-state index contributed by atoms with van der Waals surface area (Å²) in [6.45, 7) is 3.99. The van der Waals surface area contributed by atoms with Gasteiger partial charge in [-0.1, -0.05) is 12.1 Å². The fourth-order valence-corrected chi connectivity index (χ4v) is 1.44. The van der Waals surface area contributed by atoms with E-state index >= 15 is 0 Å². The predicted molar refractivity (Wildman–Crippen MR) is 64.4 cm³/mol. The Hall–Kier alpha value is -1.35. The maximum absolute atomic E-state index is 11.3. The van der Waals surface area contributed by atoms with Crippen molar-refractivity contribution in [3.63, 3.8) is 0 Å². The molecule has 2 N–H and O–H groups in total. The highest BCUT2D eigenvalue weighted by Gasteiger charge is 2.11. The molecule has 88 valence electrons. The Labute approximate surface area is 96.6 Å². The fraction of sp³-hybridized carbons (Fsp3) is 0.462. The first-order valence-electron chi connectivity index (χ1n) is 5.38. The van der Waals surface area contributed by atoms with Gasteiger partial charge in [0.1, 0.15) is 0 Å². The van der Waals surface area contributed by atoms with Crippen molar-refractivity contribution in [3.8, 4) is 0 Å². The van der Waals surface area contributed by atoms with Gasteiger partial charge in [-0.2, -0.15) is 0 Å². The molecule has 0 aromatic heterocycles. The van der Waals surface area contributed by atoms with E-state index in [-0.39, 0.29) is 11.5 Å². The number of rotatable bonds is 4. The molecule has 3 nitrogen and oxygen atoms in total. The molecule has 0 saturated carbocycles. The van der Waals surface area contributed by atoms with E-state index in [0.717, 1.165) is 18.4 Å². The third-order valence-electron chi connectivity index (χ3n) is 2.41. The van der Waals surface area contributed by atoms with E-state index in [9.17, 15) is 4.79 Å². The molecule has 0 aliphatic carbocycles. The number of aryl methyl sites for hydroxylation is 1. The van der Waals surface area contributed by atoms with Gasteiger partial charge in [0, 0.05) is 5.54 Å². The summed E-state index contributed by atoms with van der Waals surface area (Å²) in [6, 6.07) is 7.48. The minimum absolute atomic E-state index is 0.179. The van der Waals surface area contributed by atoms with Crippen molar-refractivity contribution in [3.05, 3.63) is 35.4 Å². The van der Waals surface area contributed by atoms with E-state index in [4.69, 9.17) is 5.73 Å². The van der Waals surface area contributed by atoms with Crippen LogP contribution < -0.4 is 5.73 Å². The number of nitrogens with two attached hydrogens (primary N) is 1. The van der Waals surface area contributed by atoms with Crippen molar-refractivity contribution < 1.29 is 9.53 Å². The Morgan fingerprint density at radius 2 is 2.12 bits per heavy atom. The fourth-order valence-electron chi connectivity index (χ4n) is 1.44. The highest BCUT2D eigenvalue weighted by molar-refractivity contribution is 5.89. The number of hydrogen-bond acceptors (Lipinski definition) is 3. The van der Waals surface area contributed by atoms with Crippen LogP contribution in [0.15, 0.2) is 24.3 Å². The molecule has 0 spiro atoms. The molecule has 1 rings (SSSR count). The van der Waals surface area contributed by atoms with Gasteiger partial charge in [-0.25, -0.2) is 4.79 Å². The molecule has 0 heterocycles. The summed E-state index contributed by atoms with van der Waals surface area (Å²) in [7, 11) is 1.39. The van der Waals surface area contributed by atoms with Crippen molar-refractivity contribution in [1.29, 1.82) is 0 Å². The number of hydrogen-bond donors (Lipinski definition) is 1. The van der Waals surface area contributed by atoms with E-state index in [1.165, 1.54) is 7.11 Å². The molecular formula is C13H19NO2. The van der Waals surface area contributed by atoms with E-state index in [1.807, 2.05) is 32.0 Å². The largest absolute Gasteiger partial charge is 0.465 e. The van der Waals surface area contributed by atoms with Crippen molar-refractivity contribution in [2.45, 2.75) is 32.2 Å². The quantitative estimate of drug-likeness (QED) is 0.792. The third-order valence-corrected chi connectivity index (χ3v) is 2.41. The van der Waals surface area contributed by atoms with Gasteiger partial charge in [-0.15, -0.1) is 0 Å². The summed E-state index contributed by atoms with van der Waals surface area (Å²) in [4.78, 5) is 11.3. The lowest BCUT2D eigenvalue weighted by Crippen LogP contribution is -2.32. The second-order valence-electron chi connectivity index (χ2n) is 4.68. The minimum atomic E-state index is -0.297. The van der Waals surface area contributed by atoms with E-state index in [0.29, 0.717) is 5.56 Å². The normalized spacial score (nSPS) is 11.2. The lowest BCUT2D eigenvalue weighted by molar-refractivity contribution is 0.0600. The molecule has 0 atom stereocenters. The summed E-state index contributed by atoms with van der Waals surface area (Å²) in [5.41, 5.74) is 7.44. The first-order valence-corrected chi connectivity index (χ1v) is 5.38. The number of benzene rings is 1. The van der Waals surface area contributed by atoms with Gasteiger partial charge in [0.15, 0.2) is 0 Å². The van der Waals surface area contributed by atoms with Crippen LogP contribution >= 0.6 is 0 Å². The molecule has 0 radical (unpaired) electrons. The maximum Gasteiger partial charge on any atom is 0.337 e. The lowest BCUT2D eigenvalue weighted by Gasteiger charge is -2.18. The number of carbonyl (C=O) groups is 1. The summed E-state index contributed by atoms with van der Waals surface area (Å²) >= 11 is 0. The zero-order valence-electron chi connectivity index (χ0n) is 10.1. The molecule has 0 fully saturated rings. The van der Waals surface area contributed by atoms with Crippen LogP contribution in [0.5, 0.6) is 0 Å². The van der Waals surface area contributed by atoms with Gasteiger partial charge in [0.2, 0.25) is 0 Å².